The Bertz CT molecular complexity index is 993. The van der Waals surface area contributed by atoms with Crippen LogP contribution in [-0.2, 0) is 21.6 Å². The van der Waals surface area contributed by atoms with Crippen LogP contribution in [0.1, 0.15) is 40.2 Å². The van der Waals surface area contributed by atoms with E-state index < -0.39 is 5.60 Å². The fourth-order valence-corrected chi connectivity index (χ4v) is 3.72. The van der Waals surface area contributed by atoms with Gasteiger partial charge in [-0.25, -0.2) is 0 Å². The molecular formula is C23H25N3O4. The summed E-state index contributed by atoms with van der Waals surface area (Å²) in [4.78, 5) is 17.1. The normalized spacial score (nSPS) is 15.7. The molecule has 2 aromatic heterocycles. The Hall–Kier alpha value is -3.03. The van der Waals surface area contributed by atoms with Crippen molar-refractivity contribution in [1.82, 2.24) is 15.5 Å². The largest absolute Gasteiger partial charge is 0.381 e. The first-order valence-corrected chi connectivity index (χ1v) is 10.0. The van der Waals surface area contributed by atoms with Gasteiger partial charge in [-0.1, -0.05) is 35.5 Å². The van der Waals surface area contributed by atoms with Gasteiger partial charge >= 0.3 is 0 Å². The molecule has 0 saturated carbocycles. The Balaban J connectivity index is 1.42. The summed E-state index contributed by atoms with van der Waals surface area (Å²) < 4.78 is 16.7. The number of pyridine rings is 1. The minimum Gasteiger partial charge on any atom is -0.381 e. The minimum atomic E-state index is -0.446. The van der Waals surface area contributed by atoms with Gasteiger partial charge in [0.2, 0.25) is 0 Å². The first-order valence-electron chi connectivity index (χ1n) is 10.0. The lowest BCUT2D eigenvalue weighted by Gasteiger charge is -2.35. The fraction of sp³-hybridized carbons (Fsp3) is 0.348. The van der Waals surface area contributed by atoms with Crippen molar-refractivity contribution in [1.29, 1.82) is 0 Å². The van der Waals surface area contributed by atoms with E-state index in [9.17, 15) is 4.79 Å². The zero-order valence-corrected chi connectivity index (χ0v) is 17.2. The Labute approximate surface area is 175 Å². The Morgan fingerprint density at radius 1 is 1.17 bits per heavy atom. The van der Waals surface area contributed by atoms with E-state index in [-0.39, 0.29) is 12.5 Å². The molecule has 1 saturated heterocycles. The number of hydrogen-bond donors (Lipinski definition) is 1. The molecule has 156 valence electrons. The third kappa shape index (κ3) is 3.99. The quantitative estimate of drug-likeness (QED) is 0.672. The van der Waals surface area contributed by atoms with Crippen molar-refractivity contribution in [3.63, 3.8) is 0 Å². The van der Waals surface area contributed by atoms with Crippen molar-refractivity contribution in [3.8, 4) is 11.3 Å². The Morgan fingerprint density at radius 2 is 1.93 bits per heavy atom. The molecule has 1 fully saturated rings. The average Bonchev–Trinajstić information content (AvgIpc) is 3.18. The number of carbonyl (C=O) groups is 1. The first kappa shape index (κ1) is 20.3. The highest BCUT2D eigenvalue weighted by atomic mass is 16.5. The molecule has 7 heteroatoms. The van der Waals surface area contributed by atoms with Crippen LogP contribution in [0.3, 0.4) is 0 Å². The van der Waals surface area contributed by atoms with Crippen molar-refractivity contribution in [2.24, 2.45) is 0 Å². The molecule has 0 radical (unpaired) electrons. The van der Waals surface area contributed by atoms with Crippen molar-refractivity contribution in [2.45, 2.75) is 31.9 Å². The van der Waals surface area contributed by atoms with Crippen molar-refractivity contribution in [2.75, 3.05) is 20.3 Å². The van der Waals surface area contributed by atoms with E-state index in [1.807, 2.05) is 43.3 Å². The lowest BCUT2D eigenvalue weighted by atomic mass is 9.89. The van der Waals surface area contributed by atoms with Crippen LogP contribution in [0.4, 0.5) is 0 Å². The van der Waals surface area contributed by atoms with Gasteiger partial charge in [-0.2, -0.15) is 0 Å². The van der Waals surface area contributed by atoms with E-state index >= 15 is 0 Å². The molecule has 3 aromatic rings. The zero-order valence-electron chi connectivity index (χ0n) is 17.2. The molecule has 0 atom stereocenters. The summed E-state index contributed by atoms with van der Waals surface area (Å²) in [7, 11) is 1.69. The lowest BCUT2D eigenvalue weighted by Crippen LogP contribution is -2.36. The maximum absolute atomic E-state index is 12.6. The molecule has 1 amide bonds. The topological polar surface area (TPSA) is 86.5 Å². The van der Waals surface area contributed by atoms with Crippen molar-refractivity contribution in [3.05, 3.63) is 71.2 Å². The molecular weight excluding hydrogens is 382 g/mol. The number of ether oxygens (including phenoxy) is 2. The number of rotatable bonds is 6. The van der Waals surface area contributed by atoms with Crippen LogP contribution >= 0.6 is 0 Å². The third-order valence-corrected chi connectivity index (χ3v) is 5.66. The summed E-state index contributed by atoms with van der Waals surface area (Å²) in [5, 5.41) is 7.01. The second-order valence-corrected chi connectivity index (χ2v) is 7.37. The van der Waals surface area contributed by atoms with E-state index in [2.05, 4.69) is 15.5 Å². The standard InChI is InChI=1S/C23H25N3O4/c1-16-19(26-30-21(16)17-6-4-3-5-7-17)15-25-22(27)18-8-9-20(24-14-18)23(28-2)10-12-29-13-11-23/h3-9,14H,10-13,15H2,1-2H3,(H,25,27). The summed E-state index contributed by atoms with van der Waals surface area (Å²) in [5.74, 6) is 0.503. The van der Waals surface area contributed by atoms with Crippen molar-refractivity contribution < 1.29 is 18.8 Å². The molecule has 0 bridgehead atoms. The predicted molar refractivity (Wildman–Crippen MR) is 111 cm³/mol. The fourth-order valence-electron chi connectivity index (χ4n) is 3.72. The van der Waals surface area contributed by atoms with Gasteiger partial charge in [-0.3, -0.25) is 9.78 Å². The summed E-state index contributed by atoms with van der Waals surface area (Å²) in [6.07, 6.45) is 3.08. The lowest BCUT2D eigenvalue weighted by molar-refractivity contribution is -0.0973. The highest BCUT2D eigenvalue weighted by Crippen LogP contribution is 2.34. The van der Waals surface area contributed by atoms with Crippen LogP contribution in [0.15, 0.2) is 53.2 Å². The number of aromatic nitrogens is 2. The molecule has 30 heavy (non-hydrogen) atoms. The van der Waals surface area contributed by atoms with Crippen LogP contribution in [0.25, 0.3) is 11.3 Å². The second-order valence-electron chi connectivity index (χ2n) is 7.37. The molecule has 0 unspecified atom stereocenters. The van der Waals surface area contributed by atoms with Crippen LogP contribution in [0.2, 0.25) is 0 Å². The molecule has 4 rings (SSSR count). The maximum atomic E-state index is 12.6. The molecule has 0 aliphatic carbocycles. The number of methoxy groups -OCH3 is 1. The molecule has 7 nitrogen and oxygen atoms in total. The van der Waals surface area contributed by atoms with E-state index in [0.29, 0.717) is 30.2 Å². The molecule has 1 aliphatic rings. The number of nitrogens with zero attached hydrogens (tertiary/aromatic N) is 2. The summed E-state index contributed by atoms with van der Waals surface area (Å²) in [6, 6.07) is 13.4. The number of nitrogens with one attached hydrogen (secondary N) is 1. The van der Waals surface area contributed by atoms with Crippen LogP contribution in [-0.4, -0.2) is 36.4 Å². The highest BCUT2D eigenvalue weighted by molar-refractivity contribution is 5.93. The number of amides is 1. The summed E-state index contributed by atoms with van der Waals surface area (Å²) in [5.41, 5.74) is 3.44. The molecule has 1 N–H and O–H groups in total. The van der Waals surface area contributed by atoms with Gasteiger partial charge in [0, 0.05) is 50.5 Å². The highest BCUT2D eigenvalue weighted by Gasteiger charge is 2.35. The predicted octanol–water partition coefficient (Wildman–Crippen LogP) is 3.63. The van der Waals surface area contributed by atoms with Gasteiger partial charge in [0.25, 0.3) is 5.91 Å². The van der Waals surface area contributed by atoms with Crippen LogP contribution in [0, 0.1) is 6.92 Å². The smallest absolute Gasteiger partial charge is 0.253 e. The van der Waals surface area contributed by atoms with Crippen LogP contribution in [0.5, 0.6) is 0 Å². The van der Waals surface area contributed by atoms with Gasteiger partial charge in [0.15, 0.2) is 5.76 Å². The molecule has 3 heterocycles. The minimum absolute atomic E-state index is 0.212. The first-order chi connectivity index (χ1) is 14.6. The average molecular weight is 407 g/mol. The molecule has 1 aliphatic heterocycles. The molecule has 1 aromatic carbocycles. The number of benzene rings is 1. The zero-order chi connectivity index (χ0) is 21.0. The number of carbonyl (C=O) groups excluding carboxylic acids is 1. The van der Waals surface area contributed by atoms with Gasteiger partial charge in [0.1, 0.15) is 11.3 Å². The van der Waals surface area contributed by atoms with Gasteiger partial charge < -0.3 is 19.3 Å². The monoisotopic (exact) mass is 407 g/mol. The Morgan fingerprint density at radius 3 is 2.60 bits per heavy atom. The van der Waals surface area contributed by atoms with E-state index in [4.69, 9.17) is 14.0 Å². The van der Waals surface area contributed by atoms with E-state index in [1.165, 1.54) is 0 Å². The van der Waals surface area contributed by atoms with Gasteiger partial charge in [-0.15, -0.1) is 0 Å². The van der Waals surface area contributed by atoms with Crippen LogP contribution < -0.4 is 5.32 Å². The molecule has 0 spiro atoms. The Kier molecular flexibility index (Phi) is 5.92. The maximum Gasteiger partial charge on any atom is 0.253 e. The van der Waals surface area contributed by atoms with Crippen molar-refractivity contribution >= 4 is 5.91 Å². The number of hydrogen-bond acceptors (Lipinski definition) is 6. The third-order valence-electron chi connectivity index (χ3n) is 5.66. The van der Waals surface area contributed by atoms with E-state index in [1.54, 1.807) is 19.4 Å². The second kappa shape index (κ2) is 8.77. The summed E-state index contributed by atoms with van der Waals surface area (Å²) >= 11 is 0. The van der Waals surface area contributed by atoms with Gasteiger partial charge in [0.05, 0.1) is 17.8 Å². The van der Waals surface area contributed by atoms with Gasteiger partial charge in [-0.05, 0) is 19.1 Å². The van der Waals surface area contributed by atoms with E-state index in [0.717, 1.165) is 29.7 Å². The SMILES string of the molecule is COC1(c2ccc(C(=O)NCc3noc(-c4ccccc4)c3C)cn2)CCOCC1. The summed E-state index contributed by atoms with van der Waals surface area (Å²) in [6.45, 7) is 3.50.